The first-order valence-electron chi connectivity index (χ1n) is 10.9. The van der Waals surface area contributed by atoms with Gasteiger partial charge in [-0.2, -0.15) is 0 Å². The number of benzene rings is 1. The van der Waals surface area contributed by atoms with Gasteiger partial charge in [0.05, 0.1) is 11.1 Å². The third-order valence-corrected chi connectivity index (χ3v) is 5.88. The van der Waals surface area contributed by atoms with Gasteiger partial charge >= 0.3 is 0 Å². The average molecular weight is 407 g/mol. The van der Waals surface area contributed by atoms with Gasteiger partial charge in [-0.15, -0.1) is 11.8 Å². The van der Waals surface area contributed by atoms with Gasteiger partial charge in [-0.3, -0.25) is 9.79 Å². The Morgan fingerprint density at radius 3 is 2.21 bits per heavy atom. The molecule has 0 radical (unpaired) electrons. The van der Waals surface area contributed by atoms with Gasteiger partial charge in [0.25, 0.3) is 0 Å². The summed E-state index contributed by atoms with van der Waals surface area (Å²) in [6, 6.07) is 9.20. The zero-order valence-electron chi connectivity index (χ0n) is 19.6. The van der Waals surface area contributed by atoms with Crippen LogP contribution in [0.25, 0.3) is 0 Å². The molecule has 1 aliphatic rings. The molecule has 0 N–H and O–H groups in total. The molecule has 2 atom stereocenters. The number of amides is 1. The molecule has 0 spiro atoms. The molecule has 0 fully saturated rings. The predicted octanol–water partition coefficient (Wildman–Crippen LogP) is 6.40. The predicted molar refractivity (Wildman–Crippen MR) is 128 cm³/mol. The van der Waals surface area contributed by atoms with Crippen LogP contribution in [0.1, 0.15) is 79.9 Å². The fraction of sp³-hybridized carbons (Fsp3) is 0.667. The van der Waals surface area contributed by atoms with E-state index in [1.165, 1.54) is 11.1 Å². The first-order valence-corrected chi connectivity index (χ1v) is 11.8. The van der Waals surface area contributed by atoms with Gasteiger partial charge in [0, 0.05) is 24.4 Å². The van der Waals surface area contributed by atoms with Crippen molar-refractivity contribution in [2.75, 3.05) is 18.8 Å². The molecule has 160 valence electrons. The Morgan fingerprint density at radius 2 is 1.75 bits per heavy atom. The van der Waals surface area contributed by atoms with E-state index in [0.717, 1.165) is 36.7 Å². The number of carbonyl (C=O) groups excluding carboxylic acids is 1. The summed E-state index contributed by atoms with van der Waals surface area (Å²) in [6.45, 7) is 20.6. The molecule has 2 rings (SSSR count). The maximum absolute atomic E-state index is 10.9. The zero-order chi connectivity index (χ0) is 21.7. The second-order valence-electron chi connectivity index (χ2n) is 7.64. The Balaban J connectivity index is 0.00000171. The highest BCUT2D eigenvalue weighted by molar-refractivity contribution is 8.14. The number of thioether (sulfide) groups is 1. The van der Waals surface area contributed by atoms with E-state index in [-0.39, 0.29) is 5.41 Å². The molecule has 0 aliphatic carbocycles. The molecule has 4 heteroatoms. The van der Waals surface area contributed by atoms with Gasteiger partial charge < -0.3 is 4.90 Å². The number of rotatable bonds is 7. The van der Waals surface area contributed by atoms with Crippen LogP contribution in [0.15, 0.2) is 29.3 Å². The number of aliphatic imine (C=N–C) groups is 1. The lowest BCUT2D eigenvalue weighted by Gasteiger charge is -2.20. The minimum atomic E-state index is 0.184. The van der Waals surface area contributed by atoms with Crippen LogP contribution in [0.4, 0.5) is 0 Å². The number of hydrogen-bond donors (Lipinski definition) is 0. The van der Waals surface area contributed by atoms with Crippen LogP contribution in [-0.2, 0) is 10.2 Å². The molecule has 1 aliphatic heterocycles. The highest BCUT2D eigenvalue weighted by Gasteiger charge is 2.25. The van der Waals surface area contributed by atoms with Crippen molar-refractivity contribution in [3.8, 4) is 0 Å². The summed E-state index contributed by atoms with van der Waals surface area (Å²) in [5.74, 6) is 1.54. The van der Waals surface area contributed by atoms with Crippen LogP contribution in [0.2, 0.25) is 0 Å². The van der Waals surface area contributed by atoms with Crippen LogP contribution in [0, 0.1) is 5.92 Å². The van der Waals surface area contributed by atoms with E-state index in [9.17, 15) is 4.79 Å². The van der Waals surface area contributed by atoms with Crippen LogP contribution in [-0.4, -0.2) is 41.2 Å². The highest BCUT2D eigenvalue weighted by atomic mass is 32.2. The molecule has 1 aromatic rings. The second-order valence-corrected chi connectivity index (χ2v) is 8.65. The highest BCUT2D eigenvalue weighted by Crippen LogP contribution is 2.30. The maximum atomic E-state index is 10.9. The summed E-state index contributed by atoms with van der Waals surface area (Å²) in [7, 11) is 0. The van der Waals surface area contributed by atoms with Crippen LogP contribution in [0.5, 0.6) is 0 Å². The molecule has 28 heavy (non-hydrogen) atoms. The number of carbonyl (C=O) groups is 1. The van der Waals surface area contributed by atoms with Crippen molar-refractivity contribution >= 4 is 23.2 Å². The van der Waals surface area contributed by atoms with Crippen LogP contribution >= 0.6 is 11.8 Å². The summed E-state index contributed by atoms with van der Waals surface area (Å²) in [4.78, 5) is 17.7. The zero-order valence-corrected chi connectivity index (χ0v) is 20.4. The van der Waals surface area contributed by atoms with Crippen molar-refractivity contribution in [3.05, 3.63) is 35.4 Å². The SMILES string of the molecule is CC.CC.CCN(C=O)CCC(C)C1CSC(c2ccc(C(C)(C)C)cc2)=N1. The van der Waals surface area contributed by atoms with E-state index in [1.807, 2.05) is 51.3 Å². The molecule has 1 amide bonds. The molecule has 2 unspecified atom stereocenters. The third kappa shape index (κ3) is 8.38. The van der Waals surface area contributed by atoms with E-state index in [0.29, 0.717) is 12.0 Å². The monoisotopic (exact) mass is 406 g/mol. The number of nitrogens with zero attached hydrogens (tertiary/aromatic N) is 2. The molecular formula is C24H42N2OS. The van der Waals surface area contributed by atoms with Crippen molar-refractivity contribution in [3.63, 3.8) is 0 Å². The Morgan fingerprint density at radius 1 is 1.18 bits per heavy atom. The average Bonchev–Trinajstić information content (AvgIpc) is 3.21. The number of hydrogen-bond acceptors (Lipinski definition) is 3. The summed E-state index contributed by atoms with van der Waals surface area (Å²) in [5, 5.41) is 1.16. The van der Waals surface area contributed by atoms with Crippen LogP contribution in [0.3, 0.4) is 0 Å². The van der Waals surface area contributed by atoms with Gasteiger partial charge in [0.2, 0.25) is 6.41 Å². The molecule has 0 saturated carbocycles. The molecule has 0 aromatic heterocycles. The topological polar surface area (TPSA) is 32.7 Å². The van der Waals surface area contributed by atoms with Gasteiger partial charge in [-0.1, -0.05) is 79.7 Å². The van der Waals surface area contributed by atoms with E-state index < -0.39 is 0 Å². The van der Waals surface area contributed by atoms with Gasteiger partial charge in [0.1, 0.15) is 0 Å². The van der Waals surface area contributed by atoms with Crippen molar-refractivity contribution in [1.82, 2.24) is 4.90 Å². The van der Waals surface area contributed by atoms with E-state index in [2.05, 4.69) is 52.0 Å². The summed E-state index contributed by atoms with van der Waals surface area (Å²) >= 11 is 1.86. The third-order valence-electron chi connectivity index (χ3n) is 4.76. The standard InChI is InChI=1S/C20H30N2OS.2C2H6/c1-6-22(14-23)12-11-15(2)18-13-24-19(21-18)16-7-9-17(10-8-16)20(3,4)5;2*1-2/h7-10,14-15,18H,6,11-13H2,1-5H3;2*1-2H3. The van der Waals surface area contributed by atoms with Crippen molar-refractivity contribution < 1.29 is 4.79 Å². The Labute approximate surface area is 178 Å². The smallest absolute Gasteiger partial charge is 0.209 e. The fourth-order valence-corrected chi connectivity index (χ4v) is 4.04. The molecule has 0 bridgehead atoms. The first-order chi connectivity index (χ1) is 13.3. The Bertz CT molecular complexity index is 575. The minimum Gasteiger partial charge on any atom is -0.346 e. The minimum absolute atomic E-state index is 0.184. The summed E-state index contributed by atoms with van der Waals surface area (Å²) in [5.41, 5.74) is 2.77. The quantitative estimate of drug-likeness (QED) is 0.491. The summed E-state index contributed by atoms with van der Waals surface area (Å²) in [6.07, 6.45) is 1.96. The lowest BCUT2D eigenvalue weighted by molar-refractivity contribution is -0.118. The lowest BCUT2D eigenvalue weighted by atomic mass is 9.87. The van der Waals surface area contributed by atoms with Crippen molar-refractivity contribution in [2.24, 2.45) is 10.9 Å². The van der Waals surface area contributed by atoms with E-state index >= 15 is 0 Å². The fourth-order valence-electron chi connectivity index (χ4n) is 2.80. The Hall–Kier alpha value is -1.29. The summed E-state index contributed by atoms with van der Waals surface area (Å²) < 4.78 is 0. The van der Waals surface area contributed by atoms with Gasteiger partial charge in [-0.05, 0) is 30.2 Å². The Kier molecular flexibility index (Phi) is 13.2. The maximum Gasteiger partial charge on any atom is 0.209 e. The lowest BCUT2D eigenvalue weighted by Crippen LogP contribution is -2.27. The van der Waals surface area contributed by atoms with E-state index in [1.54, 1.807) is 0 Å². The van der Waals surface area contributed by atoms with Gasteiger partial charge in [0.15, 0.2) is 0 Å². The van der Waals surface area contributed by atoms with Crippen LogP contribution < -0.4 is 0 Å². The molecule has 1 aromatic carbocycles. The van der Waals surface area contributed by atoms with Crippen molar-refractivity contribution in [1.29, 1.82) is 0 Å². The normalized spacial score (nSPS) is 16.8. The largest absolute Gasteiger partial charge is 0.346 e. The molecule has 1 heterocycles. The van der Waals surface area contributed by atoms with Gasteiger partial charge in [-0.25, -0.2) is 0 Å². The molecule has 3 nitrogen and oxygen atoms in total. The second kappa shape index (κ2) is 13.8. The molecular weight excluding hydrogens is 364 g/mol. The van der Waals surface area contributed by atoms with E-state index in [4.69, 9.17) is 4.99 Å². The molecule has 0 saturated heterocycles. The van der Waals surface area contributed by atoms with Crippen molar-refractivity contribution in [2.45, 2.75) is 80.2 Å². The first kappa shape index (κ1) is 26.7.